The summed E-state index contributed by atoms with van der Waals surface area (Å²) in [5, 5.41) is 4.60. The van der Waals surface area contributed by atoms with Crippen molar-refractivity contribution in [2.24, 2.45) is 0 Å². The van der Waals surface area contributed by atoms with Crippen molar-refractivity contribution < 1.29 is 4.74 Å². The summed E-state index contributed by atoms with van der Waals surface area (Å²) < 4.78 is 8.41. The SMILES string of the molecule is C[C@@H]1CN(c2ccc3ncc(Br)n3n2)C[C@@H](C)O1. The zero-order valence-electron chi connectivity index (χ0n) is 10.4. The van der Waals surface area contributed by atoms with E-state index >= 15 is 0 Å². The van der Waals surface area contributed by atoms with Crippen LogP contribution < -0.4 is 4.90 Å². The predicted octanol–water partition coefficient (Wildman–Crippen LogP) is 2.11. The molecule has 0 amide bonds. The molecule has 3 rings (SSSR count). The molecule has 5 nitrogen and oxygen atoms in total. The van der Waals surface area contributed by atoms with E-state index in [4.69, 9.17) is 4.74 Å². The normalized spacial score (nSPS) is 24.7. The van der Waals surface area contributed by atoms with Gasteiger partial charge in [-0.1, -0.05) is 0 Å². The van der Waals surface area contributed by atoms with Gasteiger partial charge in [0.2, 0.25) is 0 Å². The Morgan fingerprint density at radius 2 is 2.00 bits per heavy atom. The number of halogens is 1. The first-order valence-electron chi connectivity index (χ1n) is 6.04. The summed E-state index contributed by atoms with van der Waals surface area (Å²) in [5.41, 5.74) is 0.847. The van der Waals surface area contributed by atoms with Crippen molar-refractivity contribution in [3.8, 4) is 0 Å². The quantitative estimate of drug-likeness (QED) is 0.809. The lowest BCUT2D eigenvalue weighted by atomic mass is 10.2. The number of hydrogen-bond donors (Lipinski definition) is 0. The van der Waals surface area contributed by atoms with Gasteiger partial charge in [-0.15, -0.1) is 5.10 Å². The summed E-state index contributed by atoms with van der Waals surface area (Å²) in [7, 11) is 0. The predicted molar refractivity (Wildman–Crippen MR) is 72.9 cm³/mol. The molecular weight excluding hydrogens is 296 g/mol. The van der Waals surface area contributed by atoms with Crippen LogP contribution in [0.4, 0.5) is 5.82 Å². The molecule has 0 aliphatic carbocycles. The van der Waals surface area contributed by atoms with Crippen molar-refractivity contribution in [2.45, 2.75) is 26.1 Å². The van der Waals surface area contributed by atoms with E-state index in [2.05, 4.69) is 44.8 Å². The molecule has 0 radical (unpaired) electrons. The molecule has 6 heteroatoms. The lowest BCUT2D eigenvalue weighted by Gasteiger charge is -2.35. The van der Waals surface area contributed by atoms with Crippen LogP contribution in [0.15, 0.2) is 22.9 Å². The van der Waals surface area contributed by atoms with E-state index in [1.807, 2.05) is 12.1 Å². The van der Waals surface area contributed by atoms with Crippen molar-refractivity contribution in [1.29, 1.82) is 0 Å². The van der Waals surface area contributed by atoms with Crippen molar-refractivity contribution in [3.63, 3.8) is 0 Å². The van der Waals surface area contributed by atoms with E-state index in [1.165, 1.54) is 0 Å². The summed E-state index contributed by atoms with van der Waals surface area (Å²) in [4.78, 5) is 6.50. The van der Waals surface area contributed by atoms with Crippen LogP contribution in [0.2, 0.25) is 0 Å². The second-order valence-corrected chi connectivity index (χ2v) is 5.52. The fourth-order valence-electron chi connectivity index (χ4n) is 2.37. The van der Waals surface area contributed by atoms with Gasteiger partial charge in [0.15, 0.2) is 5.65 Å². The molecule has 3 heterocycles. The fraction of sp³-hybridized carbons (Fsp3) is 0.500. The van der Waals surface area contributed by atoms with Gasteiger partial charge in [0.25, 0.3) is 0 Å². The first-order chi connectivity index (χ1) is 8.63. The number of ether oxygens (including phenoxy) is 1. The smallest absolute Gasteiger partial charge is 0.154 e. The van der Waals surface area contributed by atoms with Gasteiger partial charge in [-0.05, 0) is 41.9 Å². The minimum Gasteiger partial charge on any atom is -0.372 e. The third-order valence-electron chi connectivity index (χ3n) is 3.05. The van der Waals surface area contributed by atoms with Crippen LogP contribution in [0.1, 0.15) is 13.8 Å². The van der Waals surface area contributed by atoms with E-state index in [9.17, 15) is 0 Å². The highest BCUT2D eigenvalue weighted by atomic mass is 79.9. The highest BCUT2D eigenvalue weighted by molar-refractivity contribution is 9.10. The number of nitrogens with zero attached hydrogens (tertiary/aromatic N) is 4. The lowest BCUT2D eigenvalue weighted by Crippen LogP contribution is -2.46. The summed E-state index contributed by atoms with van der Waals surface area (Å²) in [6.45, 7) is 5.92. The summed E-state index contributed by atoms with van der Waals surface area (Å²) in [6, 6.07) is 4.00. The van der Waals surface area contributed by atoms with Crippen LogP contribution >= 0.6 is 15.9 Å². The average Bonchev–Trinajstić information content (AvgIpc) is 2.69. The Bertz CT molecular complexity index is 560. The molecule has 96 valence electrons. The van der Waals surface area contributed by atoms with E-state index in [0.717, 1.165) is 29.2 Å². The van der Waals surface area contributed by atoms with Gasteiger partial charge >= 0.3 is 0 Å². The van der Waals surface area contributed by atoms with Gasteiger partial charge in [-0.3, -0.25) is 0 Å². The first-order valence-corrected chi connectivity index (χ1v) is 6.83. The monoisotopic (exact) mass is 310 g/mol. The highest BCUT2D eigenvalue weighted by Gasteiger charge is 2.23. The average molecular weight is 311 g/mol. The molecule has 2 aromatic heterocycles. The van der Waals surface area contributed by atoms with Crippen molar-refractivity contribution >= 4 is 27.4 Å². The topological polar surface area (TPSA) is 42.7 Å². The summed E-state index contributed by atoms with van der Waals surface area (Å²) >= 11 is 3.44. The summed E-state index contributed by atoms with van der Waals surface area (Å²) in [5.74, 6) is 0.961. The lowest BCUT2D eigenvalue weighted by molar-refractivity contribution is -0.00551. The van der Waals surface area contributed by atoms with Crippen LogP contribution in [0.5, 0.6) is 0 Å². The van der Waals surface area contributed by atoms with Crippen LogP contribution in [0.25, 0.3) is 5.65 Å². The van der Waals surface area contributed by atoms with E-state index in [-0.39, 0.29) is 12.2 Å². The number of rotatable bonds is 1. The third-order valence-corrected chi connectivity index (χ3v) is 3.59. The van der Waals surface area contributed by atoms with Crippen LogP contribution in [0.3, 0.4) is 0 Å². The molecule has 0 aromatic carbocycles. The Labute approximate surface area is 114 Å². The standard InChI is InChI=1S/C12H15BrN4O/c1-8-6-16(7-9(2)18-8)12-4-3-11-14-5-10(13)17(11)15-12/h3-5,8-9H,6-7H2,1-2H3/t8-,9-/m1/s1. The van der Waals surface area contributed by atoms with Gasteiger partial charge in [0.05, 0.1) is 18.4 Å². The van der Waals surface area contributed by atoms with Crippen molar-refractivity contribution in [2.75, 3.05) is 18.0 Å². The number of morpholine rings is 1. The van der Waals surface area contributed by atoms with Crippen LogP contribution in [-0.2, 0) is 4.74 Å². The van der Waals surface area contributed by atoms with E-state index in [1.54, 1.807) is 10.7 Å². The highest BCUT2D eigenvalue weighted by Crippen LogP contribution is 2.20. The molecule has 1 aliphatic rings. The largest absolute Gasteiger partial charge is 0.372 e. The zero-order chi connectivity index (χ0) is 12.7. The van der Waals surface area contributed by atoms with Gasteiger partial charge in [0.1, 0.15) is 10.4 Å². The molecule has 0 spiro atoms. The number of imidazole rings is 1. The zero-order valence-corrected chi connectivity index (χ0v) is 12.0. The van der Waals surface area contributed by atoms with Crippen LogP contribution in [0, 0.1) is 0 Å². The van der Waals surface area contributed by atoms with Gasteiger partial charge in [-0.2, -0.15) is 0 Å². The second kappa shape index (κ2) is 4.51. The molecule has 2 atom stereocenters. The number of anilines is 1. The maximum absolute atomic E-state index is 5.74. The van der Waals surface area contributed by atoms with Gasteiger partial charge < -0.3 is 9.64 Å². The molecule has 1 aliphatic heterocycles. The number of fused-ring (bicyclic) bond motifs is 1. The Balaban J connectivity index is 1.95. The van der Waals surface area contributed by atoms with Gasteiger partial charge in [0, 0.05) is 13.1 Å². The third kappa shape index (κ3) is 2.10. The molecule has 1 fully saturated rings. The minimum absolute atomic E-state index is 0.234. The minimum atomic E-state index is 0.234. The van der Waals surface area contributed by atoms with Crippen molar-refractivity contribution in [3.05, 3.63) is 22.9 Å². The van der Waals surface area contributed by atoms with Crippen molar-refractivity contribution in [1.82, 2.24) is 14.6 Å². The molecule has 2 aromatic rings. The molecule has 1 saturated heterocycles. The fourth-order valence-corrected chi connectivity index (χ4v) is 2.73. The molecule has 0 saturated carbocycles. The Morgan fingerprint density at radius 1 is 1.28 bits per heavy atom. The maximum Gasteiger partial charge on any atom is 0.154 e. The Hall–Kier alpha value is -1.14. The maximum atomic E-state index is 5.74. The van der Waals surface area contributed by atoms with Crippen LogP contribution in [-0.4, -0.2) is 39.9 Å². The molecule has 0 unspecified atom stereocenters. The second-order valence-electron chi connectivity index (χ2n) is 4.70. The van der Waals surface area contributed by atoms with Gasteiger partial charge in [-0.25, -0.2) is 9.50 Å². The summed E-state index contributed by atoms with van der Waals surface area (Å²) in [6.07, 6.45) is 2.23. The molecule has 18 heavy (non-hydrogen) atoms. The van der Waals surface area contributed by atoms with E-state index in [0.29, 0.717) is 0 Å². The number of hydrogen-bond acceptors (Lipinski definition) is 4. The Kier molecular flexibility index (Phi) is 2.99. The molecular formula is C12H15BrN4O. The van der Waals surface area contributed by atoms with E-state index < -0.39 is 0 Å². The molecule has 0 bridgehead atoms. The first kappa shape index (κ1) is 11.9. The number of aromatic nitrogens is 3. The molecule has 0 N–H and O–H groups in total. The Morgan fingerprint density at radius 3 is 2.72 bits per heavy atom.